The van der Waals surface area contributed by atoms with E-state index in [2.05, 4.69) is 0 Å². The van der Waals surface area contributed by atoms with E-state index in [1.165, 1.54) is 4.90 Å². The van der Waals surface area contributed by atoms with Gasteiger partial charge in [-0.05, 0) is 24.8 Å². The summed E-state index contributed by atoms with van der Waals surface area (Å²) in [5.74, 6) is -4.43. The van der Waals surface area contributed by atoms with Crippen LogP contribution in [0.1, 0.15) is 37.2 Å². The van der Waals surface area contributed by atoms with E-state index >= 15 is 0 Å². The van der Waals surface area contributed by atoms with Gasteiger partial charge >= 0.3 is 5.92 Å². The summed E-state index contributed by atoms with van der Waals surface area (Å²) < 4.78 is 34.3. The fourth-order valence-corrected chi connectivity index (χ4v) is 3.53. The molecule has 130 valence electrons. The first-order valence-corrected chi connectivity index (χ1v) is 8.57. The molecule has 1 saturated heterocycles. The first-order valence-electron chi connectivity index (χ1n) is 8.57. The van der Waals surface area contributed by atoms with Crippen LogP contribution in [0.2, 0.25) is 0 Å². The summed E-state index contributed by atoms with van der Waals surface area (Å²) in [4.78, 5) is 13.5. The topological polar surface area (TPSA) is 29.5 Å². The number of alkyl halides is 2. The molecule has 1 aromatic carbocycles. The molecule has 1 unspecified atom stereocenters. The second-order valence-corrected chi connectivity index (χ2v) is 6.46. The second kappa shape index (κ2) is 7.43. The van der Waals surface area contributed by atoms with Gasteiger partial charge in [-0.1, -0.05) is 42.0 Å². The molecule has 0 bridgehead atoms. The van der Waals surface area contributed by atoms with Crippen LogP contribution in [0.3, 0.4) is 0 Å². The molecule has 1 amide bonds. The van der Waals surface area contributed by atoms with Gasteiger partial charge in [0.1, 0.15) is 0 Å². The minimum absolute atomic E-state index is 0.0108. The maximum absolute atomic E-state index is 14.6. The SMILES string of the molecule is O=C(N1CCOCC1)C(F)(F)CC1=CCCCC1c1ccccc1. The molecule has 1 aliphatic carbocycles. The minimum Gasteiger partial charge on any atom is -0.378 e. The van der Waals surface area contributed by atoms with Gasteiger partial charge in [0.15, 0.2) is 0 Å². The zero-order valence-corrected chi connectivity index (χ0v) is 13.7. The lowest BCUT2D eigenvalue weighted by Crippen LogP contribution is -2.49. The average molecular weight is 335 g/mol. The lowest BCUT2D eigenvalue weighted by atomic mass is 9.80. The van der Waals surface area contributed by atoms with Gasteiger partial charge in [0.25, 0.3) is 5.91 Å². The van der Waals surface area contributed by atoms with Crippen LogP contribution in [0, 0.1) is 0 Å². The highest BCUT2D eigenvalue weighted by Crippen LogP contribution is 2.40. The molecule has 2 aliphatic rings. The third kappa shape index (κ3) is 3.83. The Morgan fingerprint density at radius 1 is 1.21 bits per heavy atom. The normalized spacial score (nSPS) is 22.2. The third-order valence-corrected chi connectivity index (χ3v) is 4.79. The van der Waals surface area contributed by atoms with Crippen molar-refractivity contribution in [2.24, 2.45) is 0 Å². The van der Waals surface area contributed by atoms with Gasteiger partial charge in [-0.2, -0.15) is 8.78 Å². The van der Waals surface area contributed by atoms with Gasteiger partial charge in [0, 0.05) is 25.4 Å². The average Bonchev–Trinajstić information content (AvgIpc) is 2.63. The first-order chi connectivity index (χ1) is 11.6. The third-order valence-electron chi connectivity index (χ3n) is 4.79. The van der Waals surface area contributed by atoms with E-state index in [4.69, 9.17) is 4.74 Å². The van der Waals surface area contributed by atoms with E-state index in [0.717, 1.165) is 24.8 Å². The number of morpholine rings is 1. The van der Waals surface area contributed by atoms with E-state index < -0.39 is 18.3 Å². The molecule has 24 heavy (non-hydrogen) atoms. The quantitative estimate of drug-likeness (QED) is 0.784. The Kier molecular flexibility index (Phi) is 5.29. The Hall–Kier alpha value is -1.75. The molecule has 0 saturated carbocycles. The molecule has 1 aromatic rings. The van der Waals surface area contributed by atoms with Crippen LogP contribution in [0.5, 0.6) is 0 Å². The fraction of sp³-hybridized carbons (Fsp3) is 0.526. The van der Waals surface area contributed by atoms with Crippen LogP contribution < -0.4 is 0 Å². The molecule has 3 nitrogen and oxygen atoms in total. The van der Waals surface area contributed by atoms with E-state index in [1.807, 2.05) is 36.4 Å². The lowest BCUT2D eigenvalue weighted by molar-refractivity contribution is -0.161. The van der Waals surface area contributed by atoms with Crippen molar-refractivity contribution >= 4 is 5.91 Å². The molecule has 0 N–H and O–H groups in total. The molecule has 0 spiro atoms. The van der Waals surface area contributed by atoms with Crippen molar-refractivity contribution in [2.45, 2.75) is 37.5 Å². The summed E-state index contributed by atoms with van der Waals surface area (Å²) in [6, 6.07) is 9.74. The summed E-state index contributed by atoms with van der Waals surface area (Å²) >= 11 is 0. The highest BCUT2D eigenvalue weighted by atomic mass is 19.3. The standard InChI is InChI=1S/C19H23F2NO2/c20-19(21,18(23)22-10-12-24-13-11-22)14-16-8-4-5-9-17(16)15-6-2-1-3-7-15/h1-3,6-8,17H,4-5,9-14H2. The van der Waals surface area contributed by atoms with E-state index in [9.17, 15) is 13.6 Å². The Bertz CT molecular complexity index is 595. The summed E-state index contributed by atoms with van der Waals surface area (Å²) in [6.45, 7) is 1.15. The Labute approximate surface area is 141 Å². The number of benzene rings is 1. The largest absolute Gasteiger partial charge is 0.378 e. The number of nitrogens with zero attached hydrogens (tertiary/aromatic N) is 1. The molecular formula is C19H23F2NO2. The van der Waals surface area contributed by atoms with Crippen molar-refractivity contribution in [1.82, 2.24) is 4.90 Å². The van der Waals surface area contributed by atoms with Gasteiger partial charge in [-0.15, -0.1) is 0 Å². The number of allylic oxidation sites excluding steroid dienone is 2. The molecule has 1 fully saturated rings. The number of amides is 1. The van der Waals surface area contributed by atoms with Crippen molar-refractivity contribution in [3.63, 3.8) is 0 Å². The molecule has 0 radical (unpaired) electrons. The van der Waals surface area contributed by atoms with Crippen LogP contribution in [0.4, 0.5) is 8.78 Å². The molecule has 1 atom stereocenters. The minimum atomic E-state index is -3.35. The zero-order chi connectivity index (χ0) is 17.0. The van der Waals surface area contributed by atoms with Gasteiger partial charge in [0.05, 0.1) is 13.2 Å². The monoisotopic (exact) mass is 335 g/mol. The Morgan fingerprint density at radius 3 is 2.62 bits per heavy atom. The highest BCUT2D eigenvalue weighted by molar-refractivity contribution is 5.84. The number of ether oxygens (including phenoxy) is 1. The number of halogens is 2. The number of hydrogen-bond acceptors (Lipinski definition) is 2. The predicted molar refractivity (Wildman–Crippen MR) is 88.1 cm³/mol. The molecule has 1 aliphatic heterocycles. The summed E-state index contributed by atoms with van der Waals surface area (Å²) in [7, 11) is 0. The van der Waals surface area contributed by atoms with Crippen LogP contribution in [-0.4, -0.2) is 43.0 Å². The Morgan fingerprint density at radius 2 is 1.92 bits per heavy atom. The number of carbonyl (C=O) groups excluding carboxylic acids is 1. The van der Waals surface area contributed by atoms with Gasteiger partial charge in [0.2, 0.25) is 0 Å². The zero-order valence-electron chi connectivity index (χ0n) is 13.7. The molecular weight excluding hydrogens is 312 g/mol. The second-order valence-electron chi connectivity index (χ2n) is 6.46. The maximum Gasteiger partial charge on any atom is 0.328 e. The first kappa shape index (κ1) is 17.1. The smallest absolute Gasteiger partial charge is 0.328 e. The van der Waals surface area contributed by atoms with E-state index in [0.29, 0.717) is 18.8 Å². The van der Waals surface area contributed by atoms with Crippen molar-refractivity contribution in [3.8, 4) is 0 Å². The van der Waals surface area contributed by atoms with Crippen LogP contribution >= 0.6 is 0 Å². The van der Waals surface area contributed by atoms with Crippen LogP contribution in [0.15, 0.2) is 42.0 Å². The lowest BCUT2D eigenvalue weighted by Gasteiger charge is -2.32. The van der Waals surface area contributed by atoms with Crippen molar-refractivity contribution in [2.75, 3.05) is 26.3 Å². The summed E-state index contributed by atoms with van der Waals surface area (Å²) in [5, 5.41) is 0. The summed E-state index contributed by atoms with van der Waals surface area (Å²) in [6.07, 6.45) is 4.08. The number of rotatable bonds is 4. The van der Waals surface area contributed by atoms with E-state index in [1.54, 1.807) is 0 Å². The number of carbonyl (C=O) groups is 1. The van der Waals surface area contributed by atoms with Crippen molar-refractivity contribution in [1.29, 1.82) is 0 Å². The predicted octanol–water partition coefficient (Wildman–Crippen LogP) is 3.76. The van der Waals surface area contributed by atoms with Gasteiger partial charge < -0.3 is 9.64 Å². The fourth-order valence-electron chi connectivity index (χ4n) is 3.53. The van der Waals surface area contributed by atoms with Gasteiger partial charge in [-0.3, -0.25) is 4.79 Å². The molecule has 0 aromatic heterocycles. The van der Waals surface area contributed by atoms with Gasteiger partial charge in [-0.25, -0.2) is 0 Å². The molecule has 5 heteroatoms. The highest BCUT2D eigenvalue weighted by Gasteiger charge is 2.44. The maximum atomic E-state index is 14.6. The number of hydrogen-bond donors (Lipinski definition) is 0. The molecule has 1 heterocycles. The summed E-state index contributed by atoms with van der Waals surface area (Å²) in [5.41, 5.74) is 1.75. The van der Waals surface area contributed by atoms with Crippen LogP contribution in [0.25, 0.3) is 0 Å². The Balaban J connectivity index is 1.74. The van der Waals surface area contributed by atoms with Crippen molar-refractivity contribution < 1.29 is 18.3 Å². The van der Waals surface area contributed by atoms with E-state index in [-0.39, 0.29) is 19.0 Å². The van der Waals surface area contributed by atoms with Crippen molar-refractivity contribution in [3.05, 3.63) is 47.5 Å². The van der Waals surface area contributed by atoms with Crippen LogP contribution in [-0.2, 0) is 9.53 Å². The molecule has 3 rings (SSSR count).